The Kier molecular flexibility index (Phi) is 4.07. The molecule has 4 heteroatoms. The van der Waals surface area contributed by atoms with Gasteiger partial charge in [0, 0.05) is 0 Å². The van der Waals surface area contributed by atoms with Crippen LogP contribution in [0.15, 0.2) is 29.3 Å². The van der Waals surface area contributed by atoms with Crippen molar-refractivity contribution in [2.75, 3.05) is 12.4 Å². The molecule has 21 heavy (non-hydrogen) atoms. The van der Waals surface area contributed by atoms with E-state index in [1.165, 1.54) is 18.2 Å². The maximum absolute atomic E-state index is 6.11. The fourth-order valence-electron chi connectivity index (χ4n) is 2.66. The predicted octanol–water partition coefficient (Wildman–Crippen LogP) is 3.80. The monoisotopic (exact) mass is 382 g/mol. The molecule has 2 aromatic rings. The van der Waals surface area contributed by atoms with E-state index in [1.54, 1.807) is 0 Å². The molecule has 3 rings (SSSR count). The second kappa shape index (κ2) is 5.84. The normalized spacial score (nSPS) is 12.7. The fraction of sp³-hybridized carbons (Fsp3) is 0.294. The molecule has 1 heterocycles. The molecule has 0 saturated carbocycles. The van der Waals surface area contributed by atoms with Gasteiger partial charge in [-0.25, -0.2) is 0 Å². The predicted molar refractivity (Wildman–Crippen MR) is 87.9 cm³/mol. The summed E-state index contributed by atoms with van der Waals surface area (Å²) in [6, 6.07) is 8.52. The first-order chi connectivity index (χ1) is 10.1. The molecule has 2 aromatic carbocycles. The van der Waals surface area contributed by atoms with Gasteiger partial charge in [0.05, 0.1) is 0 Å². The van der Waals surface area contributed by atoms with Gasteiger partial charge in [0.25, 0.3) is 0 Å². The van der Waals surface area contributed by atoms with Gasteiger partial charge in [-0.15, -0.1) is 0 Å². The van der Waals surface area contributed by atoms with Crippen LogP contribution in [0.4, 0.5) is 11.4 Å². The number of hydrogen-bond donors (Lipinski definition) is 1. The zero-order valence-corrected chi connectivity index (χ0v) is 16.2. The molecule has 0 spiro atoms. The summed E-state index contributed by atoms with van der Waals surface area (Å²) in [5, 5.41) is 4.16. The summed E-state index contributed by atoms with van der Waals surface area (Å²) in [6.45, 7) is 6.56. The third-order valence-electron chi connectivity index (χ3n) is 3.81. The van der Waals surface area contributed by atoms with E-state index in [4.69, 9.17) is 9.73 Å². The summed E-state index contributed by atoms with van der Waals surface area (Å²) in [7, 11) is 1.93. The zero-order valence-electron chi connectivity index (χ0n) is 12.9. The first kappa shape index (κ1) is 14.6. The topological polar surface area (TPSA) is 33.6 Å². The quantitative estimate of drug-likeness (QED) is 0.732. The van der Waals surface area contributed by atoms with Crippen molar-refractivity contribution in [1.29, 1.82) is 0 Å². The van der Waals surface area contributed by atoms with Gasteiger partial charge in [-0.05, 0) is 0 Å². The van der Waals surface area contributed by atoms with Gasteiger partial charge in [-0.1, -0.05) is 0 Å². The molecule has 1 N–H and O–H groups in total. The summed E-state index contributed by atoms with van der Waals surface area (Å²) in [6.07, 6.45) is 0. The molecular formula is C17H19InN2O. The van der Waals surface area contributed by atoms with E-state index in [0.717, 1.165) is 28.2 Å². The second-order valence-corrected chi connectivity index (χ2v) is 10.7. The van der Waals surface area contributed by atoms with Crippen molar-refractivity contribution >= 4 is 33.8 Å². The SMILES string of the molecule is C[CH2][In]=[c]1cc2c(cc1C)=Nc1cc(C)c(NC)cc1O2. The van der Waals surface area contributed by atoms with E-state index in [0.29, 0.717) is 0 Å². The third kappa shape index (κ3) is 2.73. The number of nitrogens with zero attached hydrogens (tertiary/aromatic N) is 1. The van der Waals surface area contributed by atoms with E-state index >= 15 is 0 Å². The van der Waals surface area contributed by atoms with Gasteiger partial charge in [-0.2, -0.15) is 0 Å². The van der Waals surface area contributed by atoms with Crippen LogP contribution in [0, 0.1) is 16.7 Å². The van der Waals surface area contributed by atoms with E-state index in [9.17, 15) is 0 Å². The van der Waals surface area contributed by atoms with E-state index in [1.807, 2.05) is 13.1 Å². The van der Waals surface area contributed by atoms with Gasteiger partial charge >= 0.3 is 136 Å². The molecule has 0 saturated heterocycles. The maximum atomic E-state index is 6.11. The van der Waals surface area contributed by atoms with E-state index in [-0.39, 0.29) is 0 Å². The van der Waals surface area contributed by atoms with Crippen molar-refractivity contribution in [3.63, 3.8) is 0 Å². The first-order valence-electron chi connectivity index (χ1n) is 7.32. The van der Waals surface area contributed by atoms with Crippen LogP contribution < -0.4 is 15.4 Å². The Morgan fingerprint density at radius 2 is 1.90 bits per heavy atom. The van der Waals surface area contributed by atoms with Crippen molar-refractivity contribution in [3.05, 3.63) is 43.7 Å². The molecule has 0 radical (unpaired) electrons. The van der Waals surface area contributed by atoms with Gasteiger partial charge in [-0.3, -0.25) is 0 Å². The molecule has 106 valence electrons. The van der Waals surface area contributed by atoms with Crippen LogP contribution in [0.2, 0.25) is 4.18 Å². The van der Waals surface area contributed by atoms with Crippen LogP contribution in [-0.4, -0.2) is 29.5 Å². The Labute approximate surface area is 135 Å². The van der Waals surface area contributed by atoms with E-state index < -0.39 is 22.4 Å². The average molecular weight is 382 g/mol. The first-order valence-corrected chi connectivity index (χ1v) is 11.3. The Morgan fingerprint density at radius 3 is 2.62 bits per heavy atom. The molecule has 0 unspecified atom stereocenters. The molecule has 0 bridgehead atoms. The number of hydrogen-bond acceptors (Lipinski definition) is 3. The minimum atomic E-state index is -0.653. The van der Waals surface area contributed by atoms with Crippen molar-refractivity contribution < 1.29 is 4.74 Å². The Bertz CT molecular complexity index is 828. The number of ether oxygens (including phenoxy) is 1. The Morgan fingerprint density at radius 1 is 1.10 bits per heavy atom. The minimum absolute atomic E-state index is 0.653. The van der Waals surface area contributed by atoms with Crippen LogP contribution in [0.25, 0.3) is 0 Å². The van der Waals surface area contributed by atoms with Crippen LogP contribution in [0.5, 0.6) is 11.5 Å². The molecular weight excluding hydrogens is 363 g/mol. The summed E-state index contributed by atoms with van der Waals surface area (Å²) in [5.41, 5.74) is 4.56. The summed E-state index contributed by atoms with van der Waals surface area (Å²) >= 11 is -0.653. The average Bonchev–Trinajstić information content (AvgIpc) is 2.46. The molecule has 3 nitrogen and oxygen atoms in total. The van der Waals surface area contributed by atoms with Crippen molar-refractivity contribution in [2.45, 2.75) is 24.9 Å². The Balaban J connectivity index is 2.21. The molecule has 0 aliphatic carbocycles. The zero-order chi connectivity index (χ0) is 15.0. The molecule has 0 amide bonds. The van der Waals surface area contributed by atoms with Crippen LogP contribution >= 0.6 is 0 Å². The summed E-state index contributed by atoms with van der Waals surface area (Å²) in [5.74, 6) is 1.75. The van der Waals surface area contributed by atoms with Gasteiger partial charge in [0.2, 0.25) is 0 Å². The van der Waals surface area contributed by atoms with Gasteiger partial charge in [0.15, 0.2) is 0 Å². The third-order valence-corrected chi connectivity index (χ3v) is 8.00. The fourth-order valence-corrected chi connectivity index (χ4v) is 5.84. The number of rotatable bonds is 2. The van der Waals surface area contributed by atoms with Gasteiger partial charge < -0.3 is 0 Å². The summed E-state index contributed by atoms with van der Waals surface area (Å²) in [4.78, 5) is 4.78. The van der Waals surface area contributed by atoms with Crippen molar-refractivity contribution in [3.8, 4) is 11.5 Å². The van der Waals surface area contributed by atoms with Crippen LogP contribution in [-0.2, 0) is 0 Å². The van der Waals surface area contributed by atoms with Crippen molar-refractivity contribution in [1.82, 2.24) is 0 Å². The van der Waals surface area contributed by atoms with Gasteiger partial charge in [0.1, 0.15) is 0 Å². The number of fused-ring (bicyclic) bond motifs is 2. The Hall–Kier alpha value is -1.29. The standard InChI is InChI=1S/C15H14N2O.C2H5.In/c1-9-4-5-14-12(6-9)17-13-7-10(2)11(16-3)8-15(13)18-14;1-2;/h5-8,16H,1-3H3;1H2,2H3;. The van der Waals surface area contributed by atoms with Crippen LogP contribution in [0.1, 0.15) is 18.1 Å². The molecule has 1 aliphatic heterocycles. The molecule has 0 atom stereocenters. The van der Waals surface area contributed by atoms with Crippen molar-refractivity contribution in [2.24, 2.45) is 4.99 Å². The summed E-state index contributed by atoms with van der Waals surface area (Å²) < 4.78 is 8.97. The number of anilines is 1. The van der Waals surface area contributed by atoms with Crippen LogP contribution in [0.3, 0.4) is 0 Å². The van der Waals surface area contributed by atoms with E-state index in [2.05, 4.69) is 44.3 Å². The number of benzene rings is 2. The number of aryl methyl sites for hydroxylation is 2. The number of nitrogens with one attached hydrogen (secondary N) is 1. The molecule has 1 aliphatic rings. The molecule has 0 fully saturated rings. The second-order valence-electron chi connectivity index (χ2n) is 5.39. The molecule has 0 aromatic heterocycles.